The third kappa shape index (κ3) is 24.5. The first-order valence-corrected chi connectivity index (χ1v) is 4.72. The van der Waals surface area contributed by atoms with Gasteiger partial charge in [0.25, 0.3) is 0 Å². The molecule has 0 aromatic carbocycles. The lowest BCUT2D eigenvalue weighted by Crippen LogP contribution is -2.32. The van der Waals surface area contributed by atoms with Crippen molar-refractivity contribution in [3.05, 3.63) is 12.7 Å². The molecule has 4 nitrogen and oxygen atoms in total. The van der Waals surface area contributed by atoms with Gasteiger partial charge in [0, 0.05) is 39.3 Å². The van der Waals surface area contributed by atoms with Crippen molar-refractivity contribution in [2.24, 2.45) is 11.5 Å². The van der Waals surface area contributed by atoms with E-state index in [0.717, 1.165) is 26.2 Å². The monoisotopic (exact) mass is 188 g/mol. The molecule has 0 saturated carbocycles. The van der Waals surface area contributed by atoms with Gasteiger partial charge in [0.15, 0.2) is 0 Å². The first-order valence-electron chi connectivity index (χ1n) is 4.72. The van der Waals surface area contributed by atoms with Gasteiger partial charge in [-0.1, -0.05) is 6.08 Å². The van der Waals surface area contributed by atoms with Gasteiger partial charge >= 0.3 is 0 Å². The smallest absolute Gasteiger partial charge is 0.00772 e. The zero-order valence-electron chi connectivity index (χ0n) is 8.68. The van der Waals surface area contributed by atoms with Gasteiger partial charge in [0.2, 0.25) is 0 Å². The van der Waals surface area contributed by atoms with E-state index in [4.69, 9.17) is 11.5 Å². The second-order valence-corrected chi connectivity index (χ2v) is 2.49. The largest absolute Gasteiger partial charge is 0.329 e. The lowest BCUT2D eigenvalue weighted by Gasteiger charge is -2.03. The Morgan fingerprint density at radius 1 is 1.00 bits per heavy atom. The molecular weight excluding hydrogens is 164 g/mol. The van der Waals surface area contributed by atoms with Crippen LogP contribution in [0.4, 0.5) is 0 Å². The SMILES string of the molecule is C=CC.NCCNCCNCCN. The lowest BCUT2D eigenvalue weighted by molar-refractivity contribution is 0.618. The van der Waals surface area contributed by atoms with Gasteiger partial charge in [-0.05, 0) is 6.92 Å². The van der Waals surface area contributed by atoms with Crippen LogP contribution in [-0.4, -0.2) is 39.3 Å². The molecule has 0 aromatic heterocycles. The minimum Gasteiger partial charge on any atom is -0.329 e. The highest BCUT2D eigenvalue weighted by atomic mass is 14.9. The van der Waals surface area contributed by atoms with E-state index in [1.807, 2.05) is 6.92 Å². The summed E-state index contributed by atoms with van der Waals surface area (Å²) in [6, 6.07) is 0. The van der Waals surface area contributed by atoms with E-state index in [1.54, 1.807) is 6.08 Å². The second kappa shape index (κ2) is 17.6. The summed E-state index contributed by atoms with van der Waals surface area (Å²) in [7, 11) is 0. The van der Waals surface area contributed by atoms with Crippen LogP contribution >= 0.6 is 0 Å². The molecule has 80 valence electrons. The zero-order valence-corrected chi connectivity index (χ0v) is 8.68. The summed E-state index contributed by atoms with van der Waals surface area (Å²) >= 11 is 0. The number of nitrogens with one attached hydrogen (secondary N) is 2. The molecular formula is C9H24N4. The Labute approximate surface area is 81.8 Å². The third-order valence-electron chi connectivity index (χ3n) is 1.12. The molecule has 0 aliphatic carbocycles. The molecule has 0 unspecified atom stereocenters. The summed E-state index contributed by atoms with van der Waals surface area (Å²) < 4.78 is 0. The molecule has 4 heteroatoms. The Bertz CT molecular complexity index is 77.7. The van der Waals surface area contributed by atoms with Crippen molar-refractivity contribution in [2.45, 2.75) is 6.92 Å². The van der Waals surface area contributed by atoms with Gasteiger partial charge in [0.1, 0.15) is 0 Å². The van der Waals surface area contributed by atoms with Crippen LogP contribution in [0.2, 0.25) is 0 Å². The first kappa shape index (κ1) is 15.1. The third-order valence-corrected chi connectivity index (χ3v) is 1.12. The van der Waals surface area contributed by atoms with Crippen molar-refractivity contribution in [1.29, 1.82) is 0 Å². The Hall–Kier alpha value is -0.420. The molecule has 0 bridgehead atoms. The minimum atomic E-state index is 0.705. The van der Waals surface area contributed by atoms with Crippen molar-refractivity contribution in [3.63, 3.8) is 0 Å². The predicted octanol–water partition coefficient (Wildman–Crippen LogP) is -0.725. The predicted molar refractivity (Wildman–Crippen MR) is 59.7 cm³/mol. The van der Waals surface area contributed by atoms with Crippen LogP contribution in [0.5, 0.6) is 0 Å². The molecule has 0 saturated heterocycles. The normalized spacial score (nSPS) is 8.85. The van der Waals surface area contributed by atoms with Gasteiger partial charge in [-0.3, -0.25) is 0 Å². The maximum atomic E-state index is 5.27. The fraction of sp³-hybridized carbons (Fsp3) is 0.778. The average Bonchev–Trinajstić information content (AvgIpc) is 2.13. The average molecular weight is 188 g/mol. The molecule has 0 amide bonds. The summed E-state index contributed by atoms with van der Waals surface area (Å²) in [6.45, 7) is 10.4. The zero-order chi connectivity index (χ0) is 10.4. The van der Waals surface area contributed by atoms with E-state index in [-0.39, 0.29) is 0 Å². The second-order valence-electron chi connectivity index (χ2n) is 2.49. The van der Waals surface area contributed by atoms with Crippen molar-refractivity contribution in [3.8, 4) is 0 Å². The number of hydrogen-bond acceptors (Lipinski definition) is 4. The molecule has 0 fully saturated rings. The summed E-state index contributed by atoms with van der Waals surface area (Å²) in [6.07, 6.45) is 1.75. The minimum absolute atomic E-state index is 0.705. The maximum Gasteiger partial charge on any atom is 0.00772 e. The summed E-state index contributed by atoms with van der Waals surface area (Å²) in [4.78, 5) is 0. The van der Waals surface area contributed by atoms with E-state index in [9.17, 15) is 0 Å². The van der Waals surface area contributed by atoms with E-state index in [1.165, 1.54) is 0 Å². The fourth-order valence-corrected chi connectivity index (χ4v) is 0.631. The molecule has 0 radical (unpaired) electrons. The van der Waals surface area contributed by atoms with Crippen LogP contribution in [0.25, 0.3) is 0 Å². The Balaban J connectivity index is 0. The summed E-state index contributed by atoms with van der Waals surface area (Å²) in [5.41, 5.74) is 10.5. The molecule has 0 aromatic rings. The van der Waals surface area contributed by atoms with E-state index < -0.39 is 0 Å². The van der Waals surface area contributed by atoms with Crippen LogP contribution in [0.15, 0.2) is 12.7 Å². The van der Waals surface area contributed by atoms with Gasteiger partial charge < -0.3 is 22.1 Å². The molecule has 0 aliphatic rings. The molecule has 13 heavy (non-hydrogen) atoms. The molecule has 0 rings (SSSR count). The number of rotatable bonds is 7. The van der Waals surface area contributed by atoms with Gasteiger partial charge in [0.05, 0.1) is 0 Å². The standard InChI is InChI=1S/C6H18N4.C3H6/c7-1-3-9-5-6-10-4-2-8;1-3-2/h9-10H,1-8H2;3H,1H2,2H3. The molecule has 0 aliphatic heterocycles. The summed E-state index contributed by atoms with van der Waals surface area (Å²) in [5.74, 6) is 0. The number of nitrogens with two attached hydrogens (primary N) is 2. The van der Waals surface area contributed by atoms with Crippen molar-refractivity contribution >= 4 is 0 Å². The lowest BCUT2D eigenvalue weighted by atomic mass is 10.5. The quantitative estimate of drug-likeness (QED) is 0.314. The van der Waals surface area contributed by atoms with E-state index in [0.29, 0.717) is 13.1 Å². The van der Waals surface area contributed by atoms with Crippen LogP contribution in [0.1, 0.15) is 6.92 Å². The fourth-order valence-electron chi connectivity index (χ4n) is 0.631. The topological polar surface area (TPSA) is 76.1 Å². The first-order chi connectivity index (χ1) is 6.33. The Morgan fingerprint density at radius 3 is 1.54 bits per heavy atom. The molecule has 0 atom stereocenters. The van der Waals surface area contributed by atoms with Gasteiger partial charge in [-0.15, -0.1) is 6.58 Å². The highest BCUT2D eigenvalue weighted by Crippen LogP contribution is 1.57. The van der Waals surface area contributed by atoms with Crippen molar-refractivity contribution in [2.75, 3.05) is 39.3 Å². The molecule has 0 heterocycles. The van der Waals surface area contributed by atoms with E-state index >= 15 is 0 Å². The summed E-state index contributed by atoms with van der Waals surface area (Å²) in [5, 5.41) is 6.33. The highest BCUT2D eigenvalue weighted by Gasteiger charge is 1.83. The maximum absolute atomic E-state index is 5.27. The molecule has 6 N–H and O–H groups in total. The highest BCUT2D eigenvalue weighted by molar-refractivity contribution is 4.52. The Kier molecular flexibility index (Phi) is 20.4. The van der Waals surface area contributed by atoms with Crippen LogP contribution in [0.3, 0.4) is 0 Å². The van der Waals surface area contributed by atoms with E-state index in [2.05, 4.69) is 17.2 Å². The van der Waals surface area contributed by atoms with Crippen LogP contribution in [-0.2, 0) is 0 Å². The number of hydrogen-bond donors (Lipinski definition) is 4. The van der Waals surface area contributed by atoms with Crippen LogP contribution < -0.4 is 22.1 Å². The Morgan fingerprint density at radius 2 is 1.31 bits per heavy atom. The number of allylic oxidation sites excluding steroid dienone is 1. The van der Waals surface area contributed by atoms with Crippen molar-refractivity contribution < 1.29 is 0 Å². The van der Waals surface area contributed by atoms with Crippen LogP contribution in [0, 0.1) is 0 Å². The van der Waals surface area contributed by atoms with Crippen molar-refractivity contribution in [1.82, 2.24) is 10.6 Å². The van der Waals surface area contributed by atoms with Gasteiger partial charge in [-0.2, -0.15) is 0 Å². The van der Waals surface area contributed by atoms with Gasteiger partial charge in [-0.25, -0.2) is 0 Å². The molecule has 0 spiro atoms.